The van der Waals surface area contributed by atoms with Crippen molar-refractivity contribution >= 4 is 17.2 Å². The van der Waals surface area contributed by atoms with Gasteiger partial charge < -0.3 is 9.64 Å². The third-order valence-corrected chi connectivity index (χ3v) is 6.48. The van der Waals surface area contributed by atoms with Crippen molar-refractivity contribution in [2.45, 2.75) is 12.8 Å². The van der Waals surface area contributed by atoms with Crippen LogP contribution in [0.5, 0.6) is 5.75 Å². The molecule has 184 valence electrons. The number of rotatable bonds is 7. The number of hydrogen-bond acceptors (Lipinski definition) is 5. The Kier molecular flexibility index (Phi) is 7.51. The monoisotopic (exact) mass is 505 g/mol. The number of ether oxygens (including phenoxy) is 1. The summed E-state index contributed by atoms with van der Waals surface area (Å²) in [5.74, 6) is -0.612. The summed E-state index contributed by atoms with van der Waals surface area (Å²) in [6, 6.07) is 8.95. The van der Waals surface area contributed by atoms with E-state index in [1.54, 1.807) is 10.3 Å². The first kappa shape index (κ1) is 24.9. The van der Waals surface area contributed by atoms with E-state index in [2.05, 4.69) is 16.5 Å². The van der Waals surface area contributed by atoms with Crippen molar-refractivity contribution in [3.05, 3.63) is 83.1 Å². The Labute approximate surface area is 204 Å². The summed E-state index contributed by atoms with van der Waals surface area (Å²) in [6.07, 6.45) is -2.61. The van der Waals surface area contributed by atoms with Crippen LogP contribution in [0.15, 0.2) is 60.5 Å². The number of amides is 1. The van der Waals surface area contributed by atoms with Crippen LogP contribution < -0.4 is 4.74 Å². The Bertz CT molecular complexity index is 1200. The molecule has 0 N–H and O–H groups in total. The molecule has 1 fully saturated rings. The first-order chi connectivity index (χ1) is 16.7. The van der Waals surface area contributed by atoms with Gasteiger partial charge in [-0.05, 0) is 29.8 Å². The van der Waals surface area contributed by atoms with Gasteiger partial charge in [-0.2, -0.15) is 13.2 Å². The highest BCUT2D eigenvalue weighted by molar-refractivity contribution is 7.13. The number of nitrogens with zero attached hydrogens (tertiary/aromatic N) is 3. The number of thiazole rings is 1. The van der Waals surface area contributed by atoms with Gasteiger partial charge >= 0.3 is 6.18 Å². The standard InChI is InChI=1S/C25H23F4N3O2S/c1-2-8-31-9-11-32(12-10-31)24(33)22-16-35-23(30-22)20-7-6-19(14-21(20)26)34-15-17-4-3-5-18(13-17)25(27,28)29/h2-7,13-14,16H,1,8-12,15H2. The van der Waals surface area contributed by atoms with Crippen LogP contribution in [0.2, 0.25) is 0 Å². The summed E-state index contributed by atoms with van der Waals surface area (Å²) in [6.45, 7) is 7.06. The van der Waals surface area contributed by atoms with Crippen molar-refractivity contribution < 1.29 is 27.1 Å². The van der Waals surface area contributed by atoms with Crippen LogP contribution in [0.4, 0.5) is 17.6 Å². The summed E-state index contributed by atoms with van der Waals surface area (Å²) in [7, 11) is 0. The van der Waals surface area contributed by atoms with Crippen LogP contribution in [0, 0.1) is 5.82 Å². The molecule has 0 aliphatic carbocycles. The predicted molar refractivity (Wildman–Crippen MR) is 126 cm³/mol. The molecule has 1 aromatic heterocycles. The first-order valence-electron chi connectivity index (χ1n) is 10.9. The lowest BCUT2D eigenvalue weighted by Crippen LogP contribution is -2.48. The summed E-state index contributed by atoms with van der Waals surface area (Å²) in [5, 5.41) is 1.98. The quantitative estimate of drug-likeness (QED) is 0.315. The molecule has 4 rings (SSSR count). The van der Waals surface area contributed by atoms with E-state index in [1.165, 1.54) is 35.6 Å². The smallest absolute Gasteiger partial charge is 0.416 e. The van der Waals surface area contributed by atoms with Crippen molar-refractivity contribution in [1.82, 2.24) is 14.8 Å². The molecule has 5 nitrogen and oxygen atoms in total. The summed E-state index contributed by atoms with van der Waals surface area (Å²) < 4.78 is 58.9. The van der Waals surface area contributed by atoms with Gasteiger partial charge in [-0.15, -0.1) is 17.9 Å². The van der Waals surface area contributed by atoms with E-state index in [4.69, 9.17) is 4.74 Å². The number of aromatic nitrogens is 1. The zero-order chi connectivity index (χ0) is 25.0. The maximum atomic E-state index is 14.8. The average molecular weight is 506 g/mol. The van der Waals surface area contributed by atoms with Gasteiger partial charge in [0.1, 0.15) is 28.9 Å². The lowest BCUT2D eigenvalue weighted by Gasteiger charge is -2.33. The molecule has 1 saturated heterocycles. The van der Waals surface area contributed by atoms with Crippen molar-refractivity contribution in [3.63, 3.8) is 0 Å². The van der Waals surface area contributed by atoms with Gasteiger partial charge in [0.25, 0.3) is 5.91 Å². The zero-order valence-corrected chi connectivity index (χ0v) is 19.5. The van der Waals surface area contributed by atoms with E-state index in [0.29, 0.717) is 23.7 Å². The van der Waals surface area contributed by atoms with Gasteiger partial charge in [-0.25, -0.2) is 9.37 Å². The van der Waals surface area contributed by atoms with E-state index < -0.39 is 17.6 Å². The van der Waals surface area contributed by atoms with Gasteiger partial charge in [-0.1, -0.05) is 18.2 Å². The number of carbonyl (C=O) groups is 1. The Morgan fingerprint density at radius 3 is 2.60 bits per heavy atom. The molecule has 0 spiro atoms. The van der Waals surface area contributed by atoms with Crippen molar-refractivity contribution in [2.75, 3.05) is 32.7 Å². The van der Waals surface area contributed by atoms with Gasteiger partial charge in [0.2, 0.25) is 0 Å². The van der Waals surface area contributed by atoms with Gasteiger partial charge in [0, 0.05) is 49.7 Å². The van der Waals surface area contributed by atoms with E-state index in [0.717, 1.165) is 37.8 Å². The molecular formula is C25H23F4N3O2S. The summed E-state index contributed by atoms with van der Waals surface area (Å²) >= 11 is 1.17. The Hall–Kier alpha value is -3.24. The topological polar surface area (TPSA) is 45.7 Å². The van der Waals surface area contributed by atoms with Gasteiger partial charge in [-0.3, -0.25) is 9.69 Å². The molecule has 1 aliphatic heterocycles. The van der Waals surface area contributed by atoms with E-state index in [9.17, 15) is 22.4 Å². The highest BCUT2D eigenvalue weighted by atomic mass is 32.1. The summed E-state index contributed by atoms with van der Waals surface area (Å²) in [4.78, 5) is 21.1. The molecule has 1 aliphatic rings. The highest BCUT2D eigenvalue weighted by Gasteiger charge is 2.30. The molecule has 2 heterocycles. The minimum absolute atomic E-state index is 0.140. The second-order valence-electron chi connectivity index (χ2n) is 8.05. The Morgan fingerprint density at radius 1 is 1.14 bits per heavy atom. The van der Waals surface area contributed by atoms with E-state index in [-0.39, 0.29) is 29.5 Å². The fourth-order valence-corrected chi connectivity index (χ4v) is 4.56. The third-order valence-electron chi connectivity index (χ3n) is 5.60. The molecule has 0 saturated carbocycles. The molecule has 1 amide bonds. The molecule has 3 aromatic rings. The molecule has 10 heteroatoms. The molecule has 2 aromatic carbocycles. The number of alkyl halides is 3. The van der Waals surface area contributed by atoms with Gasteiger partial charge in [0.15, 0.2) is 0 Å². The average Bonchev–Trinajstić information content (AvgIpc) is 3.33. The number of benzene rings is 2. The van der Waals surface area contributed by atoms with E-state index >= 15 is 0 Å². The van der Waals surface area contributed by atoms with Crippen molar-refractivity contribution in [3.8, 4) is 16.3 Å². The Morgan fingerprint density at radius 2 is 1.91 bits per heavy atom. The van der Waals surface area contributed by atoms with Crippen LogP contribution >= 0.6 is 11.3 Å². The van der Waals surface area contributed by atoms with Crippen molar-refractivity contribution in [2.24, 2.45) is 0 Å². The second-order valence-corrected chi connectivity index (χ2v) is 8.91. The van der Waals surface area contributed by atoms with Gasteiger partial charge in [0.05, 0.1) is 5.56 Å². The molecule has 0 atom stereocenters. The number of carbonyl (C=O) groups excluding carboxylic acids is 1. The third kappa shape index (κ3) is 6.07. The maximum Gasteiger partial charge on any atom is 0.416 e. The number of piperazine rings is 1. The Balaban J connectivity index is 1.39. The lowest BCUT2D eigenvalue weighted by molar-refractivity contribution is -0.137. The van der Waals surface area contributed by atoms with Crippen LogP contribution in [-0.2, 0) is 12.8 Å². The van der Waals surface area contributed by atoms with Crippen LogP contribution in [-0.4, -0.2) is 53.4 Å². The van der Waals surface area contributed by atoms with Crippen LogP contribution in [0.25, 0.3) is 10.6 Å². The number of halogens is 4. The SMILES string of the molecule is C=CCN1CCN(C(=O)c2csc(-c3ccc(OCc4cccc(C(F)(F)F)c4)cc3F)n2)CC1. The first-order valence-corrected chi connectivity index (χ1v) is 11.8. The largest absolute Gasteiger partial charge is 0.489 e. The van der Waals surface area contributed by atoms with Crippen molar-refractivity contribution in [1.29, 1.82) is 0 Å². The fourth-order valence-electron chi connectivity index (χ4n) is 3.74. The van der Waals surface area contributed by atoms with E-state index in [1.807, 2.05) is 6.08 Å². The summed E-state index contributed by atoms with van der Waals surface area (Å²) in [5.41, 5.74) is 0.0355. The molecule has 0 radical (unpaired) electrons. The minimum atomic E-state index is -4.45. The normalized spacial score (nSPS) is 14.7. The minimum Gasteiger partial charge on any atom is -0.489 e. The maximum absolute atomic E-state index is 14.8. The molecule has 35 heavy (non-hydrogen) atoms. The highest BCUT2D eigenvalue weighted by Crippen LogP contribution is 2.31. The second kappa shape index (κ2) is 10.6. The molecule has 0 unspecified atom stereocenters. The molecule has 0 bridgehead atoms. The number of hydrogen-bond donors (Lipinski definition) is 0. The predicted octanol–water partition coefficient (Wildman–Crippen LogP) is 5.49. The fraction of sp³-hybridized carbons (Fsp3) is 0.280. The van der Waals surface area contributed by atoms with Crippen LogP contribution in [0.3, 0.4) is 0 Å². The van der Waals surface area contributed by atoms with Crippen LogP contribution in [0.1, 0.15) is 21.6 Å². The zero-order valence-electron chi connectivity index (χ0n) is 18.7. The lowest BCUT2D eigenvalue weighted by atomic mass is 10.1. The molecular weight excluding hydrogens is 482 g/mol.